The van der Waals surface area contributed by atoms with Crippen molar-refractivity contribution in [3.05, 3.63) is 46.8 Å². The molecule has 1 atom stereocenters. The number of hydrogen-bond acceptors (Lipinski definition) is 4. The van der Waals surface area contributed by atoms with E-state index in [4.69, 9.17) is 10.00 Å². The maximum absolute atomic E-state index is 14.4. The van der Waals surface area contributed by atoms with Crippen LogP contribution in [0.5, 0.6) is 0 Å². The lowest BCUT2D eigenvalue weighted by molar-refractivity contribution is 0.0292. The Labute approximate surface area is 190 Å². The third-order valence-corrected chi connectivity index (χ3v) is 6.39. The number of morpholine rings is 1. The predicted molar refractivity (Wildman–Crippen MR) is 126 cm³/mol. The van der Waals surface area contributed by atoms with Crippen LogP contribution >= 0.6 is 0 Å². The second-order valence-electron chi connectivity index (χ2n) is 8.76. The van der Waals surface area contributed by atoms with Crippen LogP contribution in [0.15, 0.2) is 35.7 Å². The number of anilines is 1. The quantitative estimate of drug-likeness (QED) is 0.668. The molecule has 0 bridgehead atoms. The molecule has 6 heteroatoms. The van der Waals surface area contributed by atoms with E-state index in [9.17, 15) is 8.78 Å². The van der Waals surface area contributed by atoms with Gasteiger partial charge in [-0.15, -0.1) is 0 Å². The van der Waals surface area contributed by atoms with Gasteiger partial charge >= 0.3 is 0 Å². The Morgan fingerprint density at radius 3 is 2.62 bits per heavy atom. The third kappa shape index (κ3) is 5.96. The standard InChI is InChI=1S/C24H29F2N3O.C2H6/c1-24(26)6-9-29(10-7-24)23-5-2-17(12-20-16-28-8-11-30-20)13-21(23)18-3-4-19(15-27)22(25)14-18;1-2/h2,5,13-14,20,28H,3-4,6-12,16H2,1H3;1-2H3. The second-order valence-corrected chi connectivity index (χ2v) is 8.76. The molecule has 3 aliphatic rings. The van der Waals surface area contributed by atoms with Gasteiger partial charge in [-0.3, -0.25) is 0 Å². The molecule has 2 aliphatic heterocycles. The van der Waals surface area contributed by atoms with Crippen LogP contribution in [0.4, 0.5) is 14.5 Å². The van der Waals surface area contributed by atoms with Crippen LogP contribution in [0.25, 0.3) is 5.57 Å². The minimum Gasteiger partial charge on any atom is -0.375 e. The van der Waals surface area contributed by atoms with Crippen LogP contribution < -0.4 is 10.2 Å². The molecular weight excluding hydrogens is 408 g/mol. The van der Waals surface area contributed by atoms with Crippen LogP contribution in [-0.2, 0) is 11.2 Å². The summed E-state index contributed by atoms with van der Waals surface area (Å²) in [5.74, 6) is -0.440. The summed E-state index contributed by atoms with van der Waals surface area (Å²) >= 11 is 0. The van der Waals surface area contributed by atoms with Gasteiger partial charge < -0.3 is 15.0 Å². The Balaban J connectivity index is 0.00000141. The third-order valence-electron chi connectivity index (χ3n) is 6.39. The first-order valence-electron chi connectivity index (χ1n) is 11.8. The minimum atomic E-state index is -1.12. The Kier molecular flexibility index (Phi) is 8.44. The molecule has 1 N–H and O–H groups in total. The van der Waals surface area contributed by atoms with Gasteiger partial charge in [0.15, 0.2) is 0 Å². The molecule has 1 unspecified atom stereocenters. The lowest BCUT2D eigenvalue weighted by atomic mass is 9.89. The molecule has 174 valence electrons. The summed E-state index contributed by atoms with van der Waals surface area (Å²) in [6.07, 6.45) is 4.44. The number of halogens is 2. The Hall–Kier alpha value is -2.23. The van der Waals surface area contributed by atoms with Crippen molar-refractivity contribution < 1.29 is 13.5 Å². The van der Waals surface area contributed by atoms with Gasteiger partial charge in [0, 0.05) is 37.4 Å². The maximum Gasteiger partial charge on any atom is 0.137 e. The smallest absolute Gasteiger partial charge is 0.137 e. The van der Waals surface area contributed by atoms with Crippen molar-refractivity contribution in [2.24, 2.45) is 0 Å². The monoisotopic (exact) mass is 443 g/mol. The average Bonchev–Trinajstić information content (AvgIpc) is 2.81. The van der Waals surface area contributed by atoms with Crippen molar-refractivity contribution in [3.63, 3.8) is 0 Å². The SMILES string of the molecule is CC.CC1(F)CCN(c2ccc(CC3CNCCO3)cc2C2=CC(F)=C(C#N)CC2)CC1. The molecule has 0 spiro atoms. The van der Waals surface area contributed by atoms with Crippen LogP contribution in [0.2, 0.25) is 0 Å². The van der Waals surface area contributed by atoms with Crippen molar-refractivity contribution in [2.75, 3.05) is 37.7 Å². The van der Waals surface area contributed by atoms with Crippen LogP contribution in [0, 0.1) is 11.3 Å². The molecule has 4 nitrogen and oxygen atoms in total. The summed E-state index contributed by atoms with van der Waals surface area (Å²) in [7, 11) is 0. The molecule has 2 heterocycles. The van der Waals surface area contributed by atoms with Crippen molar-refractivity contribution in [3.8, 4) is 6.07 Å². The number of ether oxygens (including phenoxy) is 1. The summed E-state index contributed by atoms with van der Waals surface area (Å²) in [6.45, 7) is 9.37. The highest BCUT2D eigenvalue weighted by Crippen LogP contribution is 2.38. The predicted octanol–water partition coefficient (Wildman–Crippen LogP) is 5.50. The van der Waals surface area contributed by atoms with Crippen molar-refractivity contribution >= 4 is 11.3 Å². The molecule has 1 aliphatic carbocycles. The van der Waals surface area contributed by atoms with Crippen molar-refractivity contribution in [1.82, 2.24) is 5.32 Å². The topological polar surface area (TPSA) is 48.3 Å². The van der Waals surface area contributed by atoms with E-state index in [0.717, 1.165) is 41.9 Å². The Morgan fingerprint density at radius 1 is 1.25 bits per heavy atom. The van der Waals surface area contributed by atoms with Crippen LogP contribution in [-0.4, -0.2) is 44.6 Å². The van der Waals surface area contributed by atoms with Gasteiger partial charge in [0.1, 0.15) is 11.5 Å². The number of benzene rings is 1. The van der Waals surface area contributed by atoms with Crippen LogP contribution in [0.1, 0.15) is 57.6 Å². The van der Waals surface area contributed by atoms with Gasteiger partial charge in [-0.2, -0.15) is 5.26 Å². The highest BCUT2D eigenvalue weighted by molar-refractivity contribution is 5.80. The summed E-state index contributed by atoms with van der Waals surface area (Å²) in [5, 5.41) is 12.5. The van der Waals surface area contributed by atoms with Gasteiger partial charge in [-0.1, -0.05) is 19.9 Å². The van der Waals surface area contributed by atoms with E-state index in [1.807, 2.05) is 19.9 Å². The lowest BCUT2D eigenvalue weighted by Crippen LogP contribution is -2.40. The van der Waals surface area contributed by atoms with E-state index in [2.05, 4.69) is 28.4 Å². The molecule has 2 fully saturated rings. The van der Waals surface area contributed by atoms with E-state index >= 15 is 0 Å². The maximum atomic E-state index is 14.4. The number of rotatable bonds is 4. The van der Waals surface area contributed by atoms with Crippen molar-refractivity contribution in [2.45, 2.75) is 64.6 Å². The number of nitriles is 1. The summed E-state index contributed by atoms with van der Waals surface area (Å²) in [6, 6.07) is 8.29. The molecule has 4 rings (SSSR count). The zero-order valence-corrected chi connectivity index (χ0v) is 19.5. The van der Waals surface area contributed by atoms with E-state index < -0.39 is 11.5 Å². The molecule has 32 heavy (non-hydrogen) atoms. The largest absolute Gasteiger partial charge is 0.375 e. The summed E-state index contributed by atoms with van der Waals surface area (Å²) in [5.41, 5.74) is 3.15. The van der Waals surface area contributed by atoms with Crippen molar-refractivity contribution in [1.29, 1.82) is 5.26 Å². The van der Waals surface area contributed by atoms with Gasteiger partial charge in [-0.25, -0.2) is 8.78 Å². The first-order chi connectivity index (χ1) is 15.4. The summed E-state index contributed by atoms with van der Waals surface area (Å²) in [4.78, 5) is 2.21. The number of nitrogens with one attached hydrogen (secondary N) is 1. The number of alkyl halides is 1. The second kappa shape index (κ2) is 11.1. The number of hydrogen-bond donors (Lipinski definition) is 1. The number of allylic oxidation sites excluding steroid dienone is 4. The zero-order valence-electron chi connectivity index (χ0n) is 19.5. The molecular formula is C26H35F2N3O. The van der Waals surface area contributed by atoms with Gasteiger partial charge in [0.25, 0.3) is 0 Å². The number of piperidine rings is 1. The molecule has 0 radical (unpaired) electrons. The van der Waals surface area contributed by atoms with E-state index in [1.54, 1.807) is 6.92 Å². The fraction of sp³-hybridized carbons (Fsp3) is 0.577. The van der Waals surface area contributed by atoms with E-state index in [-0.39, 0.29) is 11.7 Å². The van der Waals surface area contributed by atoms with E-state index in [1.165, 1.54) is 6.08 Å². The molecule has 2 saturated heterocycles. The first kappa shape index (κ1) is 24.4. The highest BCUT2D eigenvalue weighted by atomic mass is 19.1. The number of nitrogens with zero attached hydrogens (tertiary/aromatic N) is 2. The fourth-order valence-corrected chi connectivity index (χ4v) is 4.48. The van der Waals surface area contributed by atoms with Gasteiger partial charge in [-0.05, 0) is 68.4 Å². The highest BCUT2D eigenvalue weighted by Gasteiger charge is 2.31. The molecule has 1 aromatic carbocycles. The minimum absolute atomic E-state index is 0.127. The fourth-order valence-electron chi connectivity index (χ4n) is 4.48. The Bertz CT molecular complexity index is 885. The average molecular weight is 444 g/mol. The van der Waals surface area contributed by atoms with Crippen LogP contribution in [0.3, 0.4) is 0 Å². The molecule has 1 aromatic rings. The van der Waals surface area contributed by atoms with Gasteiger partial charge in [0.2, 0.25) is 0 Å². The van der Waals surface area contributed by atoms with Gasteiger partial charge in [0.05, 0.1) is 24.4 Å². The molecule has 0 saturated carbocycles. The lowest BCUT2D eigenvalue weighted by Gasteiger charge is -2.37. The Morgan fingerprint density at radius 2 is 2.00 bits per heavy atom. The first-order valence-corrected chi connectivity index (χ1v) is 11.8. The summed E-state index contributed by atoms with van der Waals surface area (Å²) < 4.78 is 34.6. The zero-order chi connectivity index (χ0) is 23.1. The normalized spacial score (nSPS) is 23.1. The molecule has 0 amide bonds. The molecule has 0 aromatic heterocycles. The van der Waals surface area contributed by atoms with E-state index in [0.29, 0.717) is 45.4 Å².